The van der Waals surface area contributed by atoms with Crippen LogP contribution < -0.4 is 85.0 Å². The Kier molecular flexibility index (Phi) is 11.8. The van der Waals surface area contributed by atoms with Crippen molar-refractivity contribution in [3.8, 4) is 0 Å². The van der Waals surface area contributed by atoms with Gasteiger partial charge in [-0.25, -0.2) is 14.2 Å². The molecule has 3 fully saturated rings. The second-order valence-corrected chi connectivity index (χ2v) is 12.9. The van der Waals surface area contributed by atoms with E-state index in [2.05, 4.69) is 10.3 Å². The zero-order chi connectivity index (χ0) is 32.3. The average Bonchev–Trinajstić information content (AvgIpc) is 3.66. The van der Waals surface area contributed by atoms with Gasteiger partial charge in [0.2, 0.25) is 5.91 Å². The van der Waals surface area contributed by atoms with Crippen molar-refractivity contribution in [1.82, 2.24) is 19.8 Å². The van der Waals surface area contributed by atoms with Crippen LogP contribution in [-0.4, -0.2) is 87.1 Å². The molecule has 6 rings (SSSR count). The number of β-lactam (4-membered cyclic amide) rings is 1. The Morgan fingerprint density at radius 2 is 1.89 bits per heavy atom. The largest absolute Gasteiger partial charge is 1.00 e. The number of carbonyl (C=O) groups is 4. The number of aliphatic hydroxyl groups is 1. The minimum Gasteiger partial charge on any atom is -0.545 e. The van der Waals surface area contributed by atoms with Crippen LogP contribution in [0.15, 0.2) is 27.7 Å². The summed E-state index contributed by atoms with van der Waals surface area (Å²) >= 11 is 1.15. The molecule has 0 aromatic carbocycles. The zero-order valence-electron chi connectivity index (χ0n) is 26.4. The van der Waals surface area contributed by atoms with Gasteiger partial charge in [-0.1, -0.05) is 6.92 Å². The van der Waals surface area contributed by atoms with E-state index in [-0.39, 0.29) is 113 Å². The summed E-state index contributed by atoms with van der Waals surface area (Å²) in [7, 11) is 0. The molecule has 0 spiro atoms. The molecule has 2 aromatic rings. The van der Waals surface area contributed by atoms with Gasteiger partial charge in [0.25, 0.3) is 0 Å². The molecule has 4 aliphatic rings. The van der Waals surface area contributed by atoms with E-state index in [1.54, 1.807) is 16.4 Å². The van der Waals surface area contributed by atoms with Crippen LogP contribution in [0, 0.1) is 17.7 Å². The van der Waals surface area contributed by atoms with Gasteiger partial charge in [0, 0.05) is 41.9 Å². The van der Waals surface area contributed by atoms with Crippen LogP contribution in [-0.2, 0) is 14.3 Å². The SMILES string of the molecule is C[C@@H]1C(SCCOC(=O)NC2CCN(c3nc4c(cc3F)c(=O)c(C(=O)[O-])cn4C3CC3)C2)=C(C(=O)[O-])N2C(=O)[C@@H]([C@@H](C)O)[C@H]12.[Na+].[Na+]. The number of aromatic carboxylic acids is 1. The number of carboxylic acids is 2. The van der Waals surface area contributed by atoms with Gasteiger partial charge in [0.05, 0.1) is 52.7 Å². The molecular formula is C29H30FN5Na2O9S. The number of amides is 2. The molecule has 0 radical (unpaired) electrons. The van der Waals surface area contributed by atoms with Crippen molar-refractivity contribution in [3.05, 3.63) is 44.5 Å². The number of aliphatic carboxylic acids is 1. The molecular weight excluding hydrogens is 659 g/mol. The third-order valence-corrected chi connectivity index (χ3v) is 10.0. The normalized spacial score (nSPS) is 23.9. The van der Waals surface area contributed by atoms with E-state index in [0.29, 0.717) is 17.9 Å². The molecule has 2 aromatic heterocycles. The first kappa shape index (κ1) is 37.6. The molecule has 47 heavy (non-hydrogen) atoms. The number of aliphatic hydroxyl groups excluding tert-OH is 1. The fraction of sp³-hybridized carbons (Fsp3) is 0.517. The first-order valence-corrected chi connectivity index (χ1v) is 15.6. The minimum atomic E-state index is -1.64. The summed E-state index contributed by atoms with van der Waals surface area (Å²) in [5.41, 5.74) is -1.44. The van der Waals surface area contributed by atoms with Gasteiger partial charge in [0.15, 0.2) is 17.1 Å². The van der Waals surface area contributed by atoms with Gasteiger partial charge in [-0.3, -0.25) is 9.59 Å². The van der Waals surface area contributed by atoms with Crippen LogP contribution >= 0.6 is 11.8 Å². The third kappa shape index (κ3) is 6.98. The number of carbonyl (C=O) groups excluding carboxylic acids is 4. The number of halogens is 1. The maximum absolute atomic E-state index is 15.2. The number of hydrogen-bond donors (Lipinski definition) is 2. The number of aromatic nitrogens is 2. The van der Waals surface area contributed by atoms with E-state index < -0.39 is 64.9 Å². The fourth-order valence-electron chi connectivity index (χ4n) is 6.51. The monoisotopic (exact) mass is 689 g/mol. The van der Waals surface area contributed by atoms with E-state index in [9.17, 15) is 39.3 Å². The van der Waals surface area contributed by atoms with Crippen molar-refractivity contribution in [2.45, 2.75) is 57.3 Å². The Morgan fingerprint density at radius 3 is 2.51 bits per heavy atom. The Bertz CT molecular complexity index is 1720. The van der Waals surface area contributed by atoms with E-state index in [1.165, 1.54) is 18.0 Å². The Hall–Kier alpha value is -2.18. The third-order valence-electron chi connectivity index (χ3n) is 8.79. The van der Waals surface area contributed by atoms with Crippen LogP contribution in [0.2, 0.25) is 0 Å². The molecule has 2 amide bonds. The second-order valence-electron chi connectivity index (χ2n) is 11.8. The van der Waals surface area contributed by atoms with Crippen molar-refractivity contribution in [1.29, 1.82) is 0 Å². The topological polar surface area (TPSA) is 197 Å². The summed E-state index contributed by atoms with van der Waals surface area (Å²) in [6.45, 7) is 3.77. The second kappa shape index (κ2) is 14.7. The number of nitrogens with zero attached hydrogens (tertiary/aromatic N) is 4. The minimum absolute atomic E-state index is 0. The van der Waals surface area contributed by atoms with Crippen LogP contribution in [0.1, 0.15) is 49.5 Å². The maximum Gasteiger partial charge on any atom is 1.00 e. The first-order chi connectivity index (χ1) is 21.4. The molecule has 1 aliphatic carbocycles. The van der Waals surface area contributed by atoms with E-state index in [4.69, 9.17) is 4.74 Å². The van der Waals surface area contributed by atoms with Crippen LogP contribution in [0.4, 0.5) is 15.0 Å². The van der Waals surface area contributed by atoms with Crippen LogP contribution in [0.5, 0.6) is 0 Å². The van der Waals surface area contributed by atoms with E-state index >= 15 is 4.39 Å². The van der Waals surface area contributed by atoms with Gasteiger partial charge in [-0.15, -0.1) is 11.8 Å². The average molecular weight is 690 g/mol. The number of carboxylic acid groups (broad SMARTS) is 2. The summed E-state index contributed by atoms with van der Waals surface area (Å²) in [6, 6.07) is 0.0787. The Balaban J connectivity index is 0.00000250. The van der Waals surface area contributed by atoms with Gasteiger partial charge in [-0.2, -0.15) is 0 Å². The molecule has 14 nitrogen and oxygen atoms in total. The van der Waals surface area contributed by atoms with Gasteiger partial charge >= 0.3 is 65.2 Å². The fourth-order valence-corrected chi connectivity index (χ4v) is 7.61. The maximum atomic E-state index is 15.2. The van der Waals surface area contributed by atoms with Crippen molar-refractivity contribution in [3.63, 3.8) is 0 Å². The number of nitrogens with one attached hydrogen (secondary N) is 1. The van der Waals surface area contributed by atoms with Crippen molar-refractivity contribution < 1.29 is 103 Å². The number of thioether (sulfide) groups is 1. The Labute approximate surface area is 316 Å². The molecule has 5 atom stereocenters. The zero-order valence-corrected chi connectivity index (χ0v) is 31.2. The number of anilines is 1. The molecule has 3 aliphatic heterocycles. The number of ether oxygens (including phenoxy) is 1. The van der Waals surface area contributed by atoms with Crippen molar-refractivity contribution in [2.75, 3.05) is 30.3 Å². The molecule has 2 N–H and O–H groups in total. The van der Waals surface area contributed by atoms with Crippen LogP contribution in [0.3, 0.4) is 0 Å². The summed E-state index contributed by atoms with van der Waals surface area (Å²) < 4.78 is 22.0. The summed E-state index contributed by atoms with van der Waals surface area (Å²) in [4.78, 5) is 68.6. The van der Waals surface area contributed by atoms with Gasteiger partial charge < -0.3 is 49.3 Å². The predicted molar refractivity (Wildman–Crippen MR) is 153 cm³/mol. The molecule has 2 saturated heterocycles. The predicted octanol–water partition coefficient (Wildman–Crippen LogP) is -6.90. The molecule has 1 unspecified atom stereocenters. The Morgan fingerprint density at radius 1 is 1.19 bits per heavy atom. The first-order valence-electron chi connectivity index (χ1n) is 14.6. The number of rotatable bonds is 10. The van der Waals surface area contributed by atoms with Crippen molar-refractivity contribution >= 4 is 52.6 Å². The molecule has 1 saturated carbocycles. The quantitative estimate of drug-likeness (QED) is 0.136. The van der Waals surface area contributed by atoms with E-state index in [1.807, 2.05) is 0 Å². The molecule has 5 heterocycles. The van der Waals surface area contributed by atoms with E-state index in [0.717, 1.165) is 30.7 Å². The van der Waals surface area contributed by atoms with Crippen LogP contribution in [0.25, 0.3) is 11.0 Å². The standard InChI is InChI=1S/C29H32FN5O9S.2Na/c1-12-20-19(13(2)36)26(38)35(20)21(28(41)42)23(12)45-8-7-44-29(43)31-14-5-6-33(10-14)25-18(30)9-16-22(37)17(27(39)40)11-34(15-3-4-15)24(16)32-25;;/h9,11-15,19-20,36H,3-8,10H2,1-2H3,(H,31,43)(H,39,40)(H,41,42);;/q;2*+1/p-2/t12-,13+,14?,19-,20-;;/m0../s1. The summed E-state index contributed by atoms with van der Waals surface area (Å²) in [5, 5.41) is 35.8. The number of alkyl carbamates (subject to hydrolysis) is 1. The van der Waals surface area contributed by atoms with Gasteiger partial charge in [0.1, 0.15) is 12.3 Å². The summed E-state index contributed by atoms with van der Waals surface area (Å²) in [6.07, 6.45) is 1.56. The molecule has 0 bridgehead atoms. The van der Waals surface area contributed by atoms with Gasteiger partial charge in [-0.05, 0) is 32.3 Å². The number of fused-ring (bicyclic) bond motifs is 2. The molecule has 240 valence electrons. The van der Waals surface area contributed by atoms with Crippen molar-refractivity contribution in [2.24, 2.45) is 11.8 Å². The smallest absolute Gasteiger partial charge is 0.545 e. The number of pyridine rings is 2. The number of hydrogen-bond acceptors (Lipinski definition) is 12. The summed E-state index contributed by atoms with van der Waals surface area (Å²) in [5.74, 6) is -5.21. The molecule has 18 heteroatoms.